The molecule has 0 saturated carbocycles. The minimum absolute atomic E-state index is 0.0207. The van der Waals surface area contributed by atoms with Gasteiger partial charge in [0.05, 0.1) is 29.0 Å². The first-order valence-electron chi connectivity index (χ1n) is 7.22. The van der Waals surface area contributed by atoms with Crippen molar-refractivity contribution in [2.75, 3.05) is 42.8 Å². The van der Waals surface area contributed by atoms with E-state index >= 15 is 0 Å². The van der Waals surface area contributed by atoms with Crippen LogP contribution in [0.3, 0.4) is 0 Å². The number of hydrogen-bond acceptors (Lipinski definition) is 8. The van der Waals surface area contributed by atoms with E-state index in [1.54, 1.807) is 18.2 Å². The van der Waals surface area contributed by atoms with Gasteiger partial charge in [0.1, 0.15) is 15.5 Å². The molecule has 0 radical (unpaired) electrons. The molecule has 3 N–H and O–H groups in total. The van der Waals surface area contributed by atoms with Crippen LogP contribution in [0.2, 0.25) is 10.0 Å². The number of hydrogen-bond donors (Lipinski definition) is 2. The molecule has 0 aliphatic rings. The fourth-order valence-corrected chi connectivity index (χ4v) is 2.65. The second-order valence-electron chi connectivity index (χ2n) is 5.14. The van der Waals surface area contributed by atoms with Crippen LogP contribution in [0.5, 0.6) is 0 Å². The first-order valence-corrected chi connectivity index (χ1v) is 10.0. The summed E-state index contributed by atoms with van der Waals surface area (Å²) in [6, 6.07) is 5.10. The minimum atomic E-state index is -3.02. The highest BCUT2D eigenvalue weighted by Gasteiger charge is 2.13. The number of nitrogen functional groups attached to an aromatic ring is 1. The van der Waals surface area contributed by atoms with Crippen molar-refractivity contribution in [2.45, 2.75) is 0 Å². The first-order chi connectivity index (χ1) is 11.8. The number of nitrogens with two attached hydrogens (primary N) is 1. The van der Waals surface area contributed by atoms with Crippen LogP contribution in [0.4, 0.5) is 11.8 Å². The summed E-state index contributed by atoms with van der Waals surface area (Å²) >= 11 is 12.1. The zero-order valence-electron chi connectivity index (χ0n) is 13.4. The Balaban J connectivity index is 1.93. The highest BCUT2D eigenvalue weighted by atomic mass is 35.5. The lowest BCUT2D eigenvalue weighted by molar-refractivity contribution is 0.159. The molecule has 0 amide bonds. The molecule has 11 heteroatoms. The molecule has 0 spiro atoms. The molecule has 0 saturated heterocycles. The third kappa shape index (κ3) is 5.96. The highest BCUT2D eigenvalue weighted by Crippen LogP contribution is 2.34. The minimum Gasteiger partial charge on any atom is -0.382 e. The van der Waals surface area contributed by atoms with Crippen LogP contribution in [0.1, 0.15) is 0 Å². The number of benzene rings is 1. The lowest BCUT2D eigenvalue weighted by atomic mass is 10.1. The molecular formula is C14H17Cl2N5O3S. The van der Waals surface area contributed by atoms with Crippen molar-refractivity contribution in [2.24, 2.45) is 0 Å². The Morgan fingerprint density at radius 1 is 1.24 bits per heavy atom. The second-order valence-corrected chi connectivity index (χ2v) is 8.18. The summed E-state index contributed by atoms with van der Waals surface area (Å²) in [6.07, 6.45) is 1.16. The van der Waals surface area contributed by atoms with Crippen LogP contribution >= 0.6 is 23.2 Å². The maximum atomic E-state index is 11.0. The molecule has 0 bridgehead atoms. The Morgan fingerprint density at radius 2 is 2.00 bits per heavy atom. The Labute approximate surface area is 155 Å². The van der Waals surface area contributed by atoms with Gasteiger partial charge in [-0.15, -0.1) is 10.2 Å². The van der Waals surface area contributed by atoms with E-state index in [-0.39, 0.29) is 24.1 Å². The van der Waals surface area contributed by atoms with Gasteiger partial charge in [0, 0.05) is 18.4 Å². The third-order valence-electron chi connectivity index (χ3n) is 3.05. The number of aromatic nitrogens is 3. The van der Waals surface area contributed by atoms with Gasteiger partial charge in [0.25, 0.3) is 0 Å². The predicted octanol–water partition coefficient (Wildman–Crippen LogP) is 1.90. The Bertz CT molecular complexity index is 848. The van der Waals surface area contributed by atoms with Crippen molar-refractivity contribution in [3.63, 3.8) is 0 Å². The van der Waals surface area contributed by atoms with Crippen molar-refractivity contribution in [1.82, 2.24) is 15.2 Å². The molecule has 2 rings (SSSR count). The first kappa shape index (κ1) is 19.6. The predicted molar refractivity (Wildman–Crippen MR) is 98.7 cm³/mol. The topological polar surface area (TPSA) is 120 Å². The van der Waals surface area contributed by atoms with Crippen LogP contribution in [0, 0.1) is 0 Å². The molecular weight excluding hydrogens is 389 g/mol. The van der Waals surface area contributed by atoms with E-state index in [0.29, 0.717) is 34.5 Å². The van der Waals surface area contributed by atoms with Crippen LogP contribution in [-0.2, 0) is 14.6 Å². The smallest absolute Gasteiger partial charge is 0.244 e. The van der Waals surface area contributed by atoms with Crippen molar-refractivity contribution >= 4 is 44.8 Å². The van der Waals surface area contributed by atoms with Gasteiger partial charge in [0.15, 0.2) is 5.82 Å². The molecule has 1 aromatic carbocycles. The molecule has 1 aromatic heterocycles. The molecule has 25 heavy (non-hydrogen) atoms. The van der Waals surface area contributed by atoms with E-state index in [2.05, 4.69) is 20.5 Å². The quantitative estimate of drug-likeness (QED) is 0.638. The Kier molecular flexibility index (Phi) is 6.77. The van der Waals surface area contributed by atoms with Gasteiger partial charge in [0.2, 0.25) is 5.95 Å². The van der Waals surface area contributed by atoms with Gasteiger partial charge >= 0.3 is 0 Å². The molecule has 8 nitrogen and oxygen atoms in total. The summed E-state index contributed by atoms with van der Waals surface area (Å²) < 4.78 is 27.1. The molecule has 0 atom stereocenters. The fourth-order valence-electron chi connectivity index (χ4n) is 1.84. The molecule has 0 aliphatic heterocycles. The van der Waals surface area contributed by atoms with Crippen LogP contribution in [0.25, 0.3) is 11.3 Å². The standard InChI is InChI=1S/C14H17Cl2N5O3S/c1-25(22,23)8-7-24-6-5-18-14-19-13(17)12(20-21-14)9-3-2-4-10(15)11(9)16/h2-4H,5-8H2,1H3,(H3,17,18,19,21). The van der Waals surface area contributed by atoms with Crippen molar-refractivity contribution < 1.29 is 13.2 Å². The van der Waals surface area contributed by atoms with E-state index in [0.717, 1.165) is 6.26 Å². The number of nitrogens with zero attached hydrogens (tertiary/aromatic N) is 3. The zero-order chi connectivity index (χ0) is 18.4. The molecule has 0 unspecified atom stereocenters. The second kappa shape index (κ2) is 8.61. The molecule has 1 heterocycles. The summed E-state index contributed by atoms with van der Waals surface area (Å²) in [5.41, 5.74) is 6.80. The average Bonchev–Trinajstić information content (AvgIpc) is 2.53. The lowest BCUT2D eigenvalue weighted by Crippen LogP contribution is -2.16. The van der Waals surface area contributed by atoms with E-state index < -0.39 is 9.84 Å². The van der Waals surface area contributed by atoms with Crippen molar-refractivity contribution in [1.29, 1.82) is 0 Å². The summed E-state index contributed by atoms with van der Waals surface area (Å²) in [6.45, 7) is 0.802. The fraction of sp³-hybridized carbons (Fsp3) is 0.357. The van der Waals surface area contributed by atoms with Gasteiger partial charge in [-0.2, -0.15) is 4.98 Å². The molecule has 0 fully saturated rings. The average molecular weight is 406 g/mol. The maximum absolute atomic E-state index is 11.0. The van der Waals surface area contributed by atoms with Crippen LogP contribution in [-0.4, -0.2) is 55.4 Å². The number of anilines is 2. The summed E-state index contributed by atoms with van der Waals surface area (Å²) in [4.78, 5) is 4.12. The molecule has 2 aromatic rings. The normalized spacial score (nSPS) is 11.5. The van der Waals surface area contributed by atoms with Crippen molar-refractivity contribution in [3.05, 3.63) is 28.2 Å². The number of rotatable bonds is 8. The Hall–Kier alpha value is -1.68. The van der Waals surface area contributed by atoms with E-state index in [1.807, 2.05) is 0 Å². The van der Waals surface area contributed by atoms with Gasteiger partial charge in [-0.25, -0.2) is 8.42 Å². The summed E-state index contributed by atoms with van der Waals surface area (Å²) in [7, 11) is -3.02. The monoisotopic (exact) mass is 405 g/mol. The van der Waals surface area contributed by atoms with Gasteiger partial charge < -0.3 is 15.8 Å². The van der Waals surface area contributed by atoms with Gasteiger partial charge in [-0.3, -0.25) is 0 Å². The largest absolute Gasteiger partial charge is 0.382 e. The highest BCUT2D eigenvalue weighted by molar-refractivity contribution is 7.90. The van der Waals surface area contributed by atoms with E-state index in [1.165, 1.54) is 0 Å². The number of nitrogens with one attached hydrogen (secondary N) is 1. The van der Waals surface area contributed by atoms with Crippen LogP contribution in [0.15, 0.2) is 18.2 Å². The molecule has 0 aliphatic carbocycles. The number of sulfone groups is 1. The summed E-state index contributed by atoms with van der Waals surface area (Å²) in [5.74, 6) is 0.360. The van der Waals surface area contributed by atoms with Crippen molar-refractivity contribution in [3.8, 4) is 11.3 Å². The molecule has 136 valence electrons. The van der Waals surface area contributed by atoms with Gasteiger partial charge in [-0.05, 0) is 6.07 Å². The summed E-state index contributed by atoms with van der Waals surface area (Å²) in [5, 5.41) is 11.6. The van der Waals surface area contributed by atoms with Gasteiger partial charge in [-0.1, -0.05) is 35.3 Å². The van der Waals surface area contributed by atoms with E-state index in [4.69, 9.17) is 33.7 Å². The SMILES string of the molecule is CS(=O)(=O)CCOCCNc1nnc(-c2cccc(Cl)c2Cl)c(N)n1. The maximum Gasteiger partial charge on any atom is 0.244 e. The number of ether oxygens (including phenoxy) is 1. The van der Waals surface area contributed by atoms with E-state index in [9.17, 15) is 8.42 Å². The third-order valence-corrected chi connectivity index (χ3v) is 4.78. The Morgan fingerprint density at radius 3 is 2.68 bits per heavy atom. The zero-order valence-corrected chi connectivity index (χ0v) is 15.7. The van der Waals surface area contributed by atoms with Crippen LogP contribution < -0.4 is 11.1 Å². The lowest BCUT2D eigenvalue weighted by Gasteiger charge is -2.09. The number of halogens is 2.